The number of hydrogen-bond donors (Lipinski definition) is 2. The van der Waals surface area contributed by atoms with Crippen molar-refractivity contribution < 1.29 is 18.3 Å². The molecule has 0 atom stereocenters. The summed E-state index contributed by atoms with van der Waals surface area (Å²) >= 11 is 0. The molecule has 0 aliphatic carbocycles. The van der Waals surface area contributed by atoms with Gasteiger partial charge < -0.3 is 20.3 Å². The van der Waals surface area contributed by atoms with Crippen LogP contribution in [0.4, 0.5) is 31.8 Å². The summed E-state index contributed by atoms with van der Waals surface area (Å²) in [7, 11) is 0. The van der Waals surface area contributed by atoms with Crippen molar-refractivity contribution in [1.82, 2.24) is 9.97 Å². The van der Waals surface area contributed by atoms with Crippen LogP contribution in [0.2, 0.25) is 0 Å². The van der Waals surface area contributed by atoms with Crippen LogP contribution in [-0.2, 0) is 9.53 Å². The number of aryl methyl sites for hydroxylation is 1. The quantitative estimate of drug-likeness (QED) is 0.540. The average molecular weight is 451 g/mol. The third-order valence-electron chi connectivity index (χ3n) is 5.15. The third-order valence-corrected chi connectivity index (χ3v) is 5.15. The maximum absolute atomic E-state index is 14.4. The van der Waals surface area contributed by atoms with Gasteiger partial charge in [-0.1, -0.05) is 6.58 Å². The van der Waals surface area contributed by atoms with Crippen molar-refractivity contribution in [1.29, 1.82) is 0 Å². The number of aromatic nitrogens is 2. The molecule has 1 fully saturated rings. The second-order valence-electron chi connectivity index (χ2n) is 7.54. The Morgan fingerprint density at radius 1 is 1.15 bits per heavy atom. The molecular formula is C24H23F2N5O2. The van der Waals surface area contributed by atoms with Gasteiger partial charge in [0.1, 0.15) is 11.6 Å². The van der Waals surface area contributed by atoms with E-state index in [-0.39, 0.29) is 17.5 Å². The lowest BCUT2D eigenvalue weighted by molar-refractivity contribution is -0.111. The zero-order valence-corrected chi connectivity index (χ0v) is 18.1. The number of carbonyl (C=O) groups is 1. The van der Waals surface area contributed by atoms with E-state index in [0.29, 0.717) is 48.9 Å². The van der Waals surface area contributed by atoms with Crippen molar-refractivity contribution >= 4 is 28.9 Å². The van der Waals surface area contributed by atoms with Gasteiger partial charge in [-0.25, -0.2) is 18.7 Å². The van der Waals surface area contributed by atoms with E-state index in [1.54, 1.807) is 31.3 Å². The Hall–Kier alpha value is -3.85. The Morgan fingerprint density at radius 2 is 1.94 bits per heavy atom. The molecule has 1 aromatic heterocycles. The number of nitrogens with one attached hydrogen (secondary N) is 2. The molecular weight excluding hydrogens is 428 g/mol. The molecule has 1 aliphatic heterocycles. The predicted molar refractivity (Wildman–Crippen MR) is 124 cm³/mol. The first-order valence-corrected chi connectivity index (χ1v) is 10.4. The summed E-state index contributed by atoms with van der Waals surface area (Å²) in [5, 5.41) is 5.65. The summed E-state index contributed by atoms with van der Waals surface area (Å²) in [6, 6.07) is 8.87. The van der Waals surface area contributed by atoms with E-state index >= 15 is 0 Å². The molecule has 1 amide bonds. The number of morpholine rings is 1. The fourth-order valence-corrected chi connectivity index (χ4v) is 3.55. The summed E-state index contributed by atoms with van der Waals surface area (Å²) in [6.45, 7) is 7.51. The standard InChI is InChI=1S/C24H23F2N5O2/c1-3-22(32)28-19-11-16(10-17(25)12-19)23-15(2)14-27-24(30-23)29-18-4-5-20(26)21(13-18)31-6-8-33-9-7-31/h3-5,10-14H,1,6-9H2,2H3,(H,28,32)(H,27,29,30). The zero-order valence-electron chi connectivity index (χ0n) is 18.1. The summed E-state index contributed by atoms with van der Waals surface area (Å²) in [4.78, 5) is 22.4. The molecule has 9 heteroatoms. The average Bonchev–Trinajstić information content (AvgIpc) is 2.81. The molecule has 0 bridgehead atoms. The van der Waals surface area contributed by atoms with Crippen LogP contribution in [-0.4, -0.2) is 42.2 Å². The SMILES string of the molecule is C=CC(=O)Nc1cc(F)cc(-c2nc(Nc3ccc(F)c(N4CCOCC4)c3)ncc2C)c1. The van der Waals surface area contributed by atoms with Crippen LogP contribution in [0.25, 0.3) is 11.3 Å². The number of carbonyl (C=O) groups excluding carboxylic acids is 1. The molecule has 2 aromatic carbocycles. The number of amides is 1. The van der Waals surface area contributed by atoms with Gasteiger partial charge in [0.15, 0.2) is 0 Å². The molecule has 1 saturated heterocycles. The molecule has 1 aliphatic rings. The lowest BCUT2D eigenvalue weighted by Gasteiger charge is -2.29. The van der Waals surface area contributed by atoms with Crippen molar-refractivity contribution in [3.05, 3.63) is 72.4 Å². The van der Waals surface area contributed by atoms with Crippen LogP contribution in [0.3, 0.4) is 0 Å². The molecule has 2 heterocycles. The number of benzene rings is 2. The van der Waals surface area contributed by atoms with Crippen LogP contribution in [0.1, 0.15) is 5.56 Å². The lowest BCUT2D eigenvalue weighted by atomic mass is 10.1. The van der Waals surface area contributed by atoms with Gasteiger partial charge in [-0.3, -0.25) is 4.79 Å². The molecule has 170 valence electrons. The van der Waals surface area contributed by atoms with Crippen LogP contribution in [0.15, 0.2) is 55.3 Å². The minimum absolute atomic E-state index is 0.274. The van der Waals surface area contributed by atoms with Crippen LogP contribution < -0.4 is 15.5 Å². The van der Waals surface area contributed by atoms with Crippen molar-refractivity contribution in [2.24, 2.45) is 0 Å². The fraction of sp³-hybridized carbons (Fsp3) is 0.208. The molecule has 7 nitrogen and oxygen atoms in total. The number of anilines is 4. The Balaban J connectivity index is 1.62. The summed E-state index contributed by atoms with van der Waals surface area (Å²) in [5.41, 5.74) is 3.08. The van der Waals surface area contributed by atoms with E-state index in [1.165, 1.54) is 18.2 Å². The smallest absolute Gasteiger partial charge is 0.247 e. The number of nitrogens with zero attached hydrogens (tertiary/aromatic N) is 3. The van der Waals surface area contributed by atoms with Gasteiger partial charge in [0, 0.05) is 36.2 Å². The van der Waals surface area contributed by atoms with Crippen molar-refractivity contribution in [3.63, 3.8) is 0 Å². The van der Waals surface area contributed by atoms with Gasteiger partial charge in [-0.2, -0.15) is 0 Å². The van der Waals surface area contributed by atoms with Crippen molar-refractivity contribution in [2.45, 2.75) is 6.92 Å². The van der Waals surface area contributed by atoms with E-state index in [9.17, 15) is 13.6 Å². The maximum Gasteiger partial charge on any atom is 0.247 e. The van der Waals surface area contributed by atoms with Gasteiger partial charge in [0.05, 0.1) is 24.6 Å². The summed E-state index contributed by atoms with van der Waals surface area (Å²) in [6.07, 6.45) is 2.72. The van der Waals surface area contributed by atoms with Gasteiger partial charge >= 0.3 is 0 Å². The number of halogens is 2. The minimum Gasteiger partial charge on any atom is -0.378 e. The second-order valence-corrected chi connectivity index (χ2v) is 7.54. The molecule has 0 radical (unpaired) electrons. The van der Waals surface area contributed by atoms with E-state index in [2.05, 4.69) is 27.2 Å². The number of hydrogen-bond acceptors (Lipinski definition) is 6. The normalized spacial score (nSPS) is 13.5. The molecule has 0 spiro atoms. The van der Waals surface area contributed by atoms with Gasteiger partial charge in [-0.15, -0.1) is 0 Å². The summed E-state index contributed by atoms with van der Waals surface area (Å²) < 4.78 is 34.0. The van der Waals surface area contributed by atoms with Crippen molar-refractivity contribution in [2.75, 3.05) is 41.8 Å². The Kier molecular flexibility index (Phi) is 6.60. The largest absolute Gasteiger partial charge is 0.378 e. The lowest BCUT2D eigenvalue weighted by Crippen LogP contribution is -2.36. The van der Waals surface area contributed by atoms with E-state index in [1.807, 2.05) is 4.90 Å². The molecule has 0 unspecified atom stereocenters. The minimum atomic E-state index is -0.520. The fourth-order valence-electron chi connectivity index (χ4n) is 3.55. The second kappa shape index (κ2) is 9.74. The molecule has 4 rings (SSSR count). The monoisotopic (exact) mass is 451 g/mol. The van der Waals surface area contributed by atoms with Crippen LogP contribution in [0.5, 0.6) is 0 Å². The predicted octanol–water partition coefficient (Wildman–Crippen LogP) is 4.43. The first-order valence-electron chi connectivity index (χ1n) is 10.4. The topological polar surface area (TPSA) is 79.4 Å². The summed E-state index contributed by atoms with van der Waals surface area (Å²) in [5.74, 6) is -1.01. The Morgan fingerprint density at radius 3 is 2.70 bits per heavy atom. The highest BCUT2D eigenvalue weighted by molar-refractivity contribution is 5.99. The highest BCUT2D eigenvalue weighted by Gasteiger charge is 2.16. The third kappa shape index (κ3) is 5.32. The molecule has 2 N–H and O–H groups in total. The van der Waals surface area contributed by atoms with E-state index in [4.69, 9.17) is 4.74 Å². The number of ether oxygens (including phenoxy) is 1. The highest BCUT2D eigenvalue weighted by Crippen LogP contribution is 2.29. The van der Waals surface area contributed by atoms with Crippen molar-refractivity contribution in [3.8, 4) is 11.3 Å². The first-order chi connectivity index (χ1) is 15.9. The van der Waals surface area contributed by atoms with Gasteiger partial charge in [-0.05, 0) is 55.0 Å². The molecule has 3 aromatic rings. The maximum atomic E-state index is 14.4. The Bertz CT molecular complexity index is 1200. The number of rotatable bonds is 6. The highest BCUT2D eigenvalue weighted by atomic mass is 19.1. The van der Waals surface area contributed by atoms with E-state index in [0.717, 1.165) is 11.6 Å². The van der Waals surface area contributed by atoms with Gasteiger partial charge in [0.2, 0.25) is 11.9 Å². The first kappa shape index (κ1) is 22.3. The molecule has 0 saturated carbocycles. The van der Waals surface area contributed by atoms with E-state index < -0.39 is 11.7 Å². The van der Waals surface area contributed by atoms with Crippen LogP contribution >= 0.6 is 0 Å². The Labute approximate surface area is 190 Å². The van der Waals surface area contributed by atoms with Gasteiger partial charge in [0.25, 0.3) is 0 Å². The zero-order chi connectivity index (χ0) is 23.4. The van der Waals surface area contributed by atoms with Crippen LogP contribution in [0, 0.1) is 18.6 Å². The molecule has 33 heavy (non-hydrogen) atoms.